The van der Waals surface area contributed by atoms with Gasteiger partial charge < -0.3 is 9.84 Å². The third-order valence-electron chi connectivity index (χ3n) is 2.68. The van der Waals surface area contributed by atoms with Crippen molar-refractivity contribution in [2.24, 2.45) is 11.8 Å². The highest BCUT2D eigenvalue weighted by Gasteiger charge is 2.23. The van der Waals surface area contributed by atoms with Crippen molar-refractivity contribution in [2.45, 2.75) is 25.7 Å². The fraction of sp³-hybridized carbons (Fsp3) is 1.00. The normalized spacial score (nSPS) is 32.2. The zero-order valence-corrected chi connectivity index (χ0v) is 7.25. The number of ether oxygens (including phenoxy) is 1. The van der Waals surface area contributed by atoms with Crippen LogP contribution in [0.25, 0.3) is 0 Å². The van der Waals surface area contributed by atoms with E-state index in [1.54, 1.807) is 7.11 Å². The van der Waals surface area contributed by atoms with Crippen molar-refractivity contribution in [3.8, 4) is 0 Å². The second-order valence-electron chi connectivity index (χ2n) is 3.44. The van der Waals surface area contributed by atoms with Crippen molar-refractivity contribution in [3.63, 3.8) is 0 Å². The van der Waals surface area contributed by atoms with Crippen LogP contribution in [0.3, 0.4) is 0 Å². The first-order chi connectivity index (χ1) is 5.38. The molecule has 0 heterocycles. The van der Waals surface area contributed by atoms with Crippen LogP contribution in [0.1, 0.15) is 25.7 Å². The number of hydrogen-bond acceptors (Lipinski definition) is 2. The van der Waals surface area contributed by atoms with Gasteiger partial charge in [-0.1, -0.05) is 12.8 Å². The third kappa shape index (κ3) is 2.46. The van der Waals surface area contributed by atoms with E-state index in [1.165, 1.54) is 25.7 Å². The van der Waals surface area contributed by atoms with Crippen molar-refractivity contribution in [3.05, 3.63) is 0 Å². The zero-order chi connectivity index (χ0) is 8.10. The van der Waals surface area contributed by atoms with E-state index in [0.29, 0.717) is 18.4 Å². The van der Waals surface area contributed by atoms with Crippen LogP contribution in [0.4, 0.5) is 0 Å². The SMILES string of the molecule is COC[C@@H]1CCCC[C@@H]1CO. The van der Waals surface area contributed by atoms with Gasteiger partial charge in [-0.25, -0.2) is 0 Å². The number of hydrogen-bond donors (Lipinski definition) is 1. The van der Waals surface area contributed by atoms with Gasteiger partial charge in [-0.3, -0.25) is 0 Å². The lowest BCUT2D eigenvalue weighted by Gasteiger charge is -2.29. The minimum Gasteiger partial charge on any atom is -0.396 e. The summed E-state index contributed by atoms with van der Waals surface area (Å²) in [7, 11) is 1.74. The Morgan fingerprint density at radius 1 is 1.27 bits per heavy atom. The Balaban J connectivity index is 2.31. The Hall–Kier alpha value is -0.0800. The van der Waals surface area contributed by atoms with E-state index in [-0.39, 0.29) is 0 Å². The summed E-state index contributed by atoms with van der Waals surface area (Å²) in [5.74, 6) is 1.11. The highest BCUT2D eigenvalue weighted by Crippen LogP contribution is 2.29. The first kappa shape index (κ1) is 9.01. The third-order valence-corrected chi connectivity index (χ3v) is 2.68. The first-order valence-corrected chi connectivity index (χ1v) is 4.48. The first-order valence-electron chi connectivity index (χ1n) is 4.48. The average molecular weight is 158 g/mol. The summed E-state index contributed by atoms with van der Waals surface area (Å²) >= 11 is 0. The van der Waals surface area contributed by atoms with E-state index < -0.39 is 0 Å². The molecule has 1 aliphatic rings. The molecule has 0 saturated heterocycles. The molecule has 66 valence electrons. The van der Waals surface area contributed by atoms with Gasteiger partial charge in [0.15, 0.2) is 0 Å². The van der Waals surface area contributed by atoms with E-state index in [2.05, 4.69) is 0 Å². The van der Waals surface area contributed by atoms with Crippen LogP contribution >= 0.6 is 0 Å². The molecule has 0 spiro atoms. The van der Waals surface area contributed by atoms with Crippen molar-refractivity contribution < 1.29 is 9.84 Å². The molecule has 0 aromatic heterocycles. The Kier molecular flexibility index (Phi) is 3.87. The lowest BCUT2D eigenvalue weighted by Crippen LogP contribution is -2.26. The van der Waals surface area contributed by atoms with Crippen LogP contribution in [0.2, 0.25) is 0 Å². The number of rotatable bonds is 3. The van der Waals surface area contributed by atoms with Crippen molar-refractivity contribution in [1.29, 1.82) is 0 Å². The molecule has 1 N–H and O–H groups in total. The second-order valence-corrected chi connectivity index (χ2v) is 3.44. The summed E-state index contributed by atoms with van der Waals surface area (Å²) < 4.78 is 5.10. The van der Waals surface area contributed by atoms with Crippen molar-refractivity contribution in [1.82, 2.24) is 0 Å². The Morgan fingerprint density at radius 2 is 1.91 bits per heavy atom. The van der Waals surface area contributed by atoms with Gasteiger partial charge in [0.1, 0.15) is 0 Å². The molecule has 0 bridgehead atoms. The summed E-state index contributed by atoms with van der Waals surface area (Å²) in [6, 6.07) is 0. The average Bonchev–Trinajstić information content (AvgIpc) is 2.06. The Labute approximate surface area is 68.6 Å². The minimum atomic E-state index is 0.341. The van der Waals surface area contributed by atoms with Gasteiger partial charge in [0.05, 0.1) is 0 Å². The van der Waals surface area contributed by atoms with E-state index in [1.807, 2.05) is 0 Å². The van der Waals surface area contributed by atoms with Crippen LogP contribution in [-0.2, 0) is 4.74 Å². The lowest BCUT2D eigenvalue weighted by molar-refractivity contribution is 0.0632. The molecular formula is C9H18O2. The van der Waals surface area contributed by atoms with E-state index in [4.69, 9.17) is 9.84 Å². The molecular weight excluding hydrogens is 140 g/mol. The molecule has 1 saturated carbocycles. The van der Waals surface area contributed by atoms with Gasteiger partial charge in [-0.05, 0) is 24.7 Å². The molecule has 1 rings (SSSR count). The quantitative estimate of drug-likeness (QED) is 0.673. The number of methoxy groups -OCH3 is 1. The molecule has 11 heavy (non-hydrogen) atoms. The molecule has 0 amide bonds. The maximum Gasteiger partial charge on any atom is 0.0493 e. The van der Waals surface area contributed by atoms with Gasteiger partial charge in [0, 0.05) is 20.3 Å². The standard InChI is InChI=1S/C9H18O2/c1-11-7-9-5-3-2-4-8(9)6-10/h8-10H,2-7H2,1H3/t8-,9+/m1/s1. The number of aliphatic hydroxyl groups excluding tert-OH is 1. The molecule has 2 atom stereocenters. The summed E-state index contributed by atoms with van der Waals surface area (Å²) in [5, 5.41) is 9.03. The fourth-order valence-electron chi connectivity index (χ4n) is 1.96. The molecule has 0 aliphatic heterocycles. The van der Waals surface area contributed by atoms with Gasteiger partial charge in [-0.2, -0.15) is 0 Å². The van der Waals surface area contributed by atoms with Crippen LogP contribution in [0, 0.1) is 11.8 Å². The molecule has 2 nitrogen and oxygen atoms in total. The summed E-state index contributed by atoms with van der Waals surface area (Å²) in [6.45, 7) is 1.17. The van der Waals surface area contributed by atoms with Gasteiger partial charge >= 0.3 is 0 Å². The highest BCUT2D eigenvalue weighted by atomic mass is 16.5. The maximum absolute atomic E-state index is 9.03. The van der Waals surface area contributed by atoms with Gasteiger partial charge in [-0.15, -0.1) is 0 Å². The van der Waals surface area contributed by atoms with Gasteiger partial charge in [0.25, 0.3) is 0 Å². The van der Waals surface area contributed by atoms with Crippen molar-refractivity contribution in [2.75, 3.05) is 20.3 Å². The largest absolute Gasteiger partial charge is 0.396 e. The number of aliphatic hydroxyl groups is 1. The highest BCUT2D eigenvalue weighted by molar-refractivity contribution is 4.74. The zero-order valence-electron chi connectivity index (χ0n) is 7.25. The smallest absolute Gasteiger partial charge is 0.0493 e. The molecule has 1 fully saturated rings. The topological polar surface area (TPSA) is 29.5 Å². The molecule has 0 aromatic carbocycles. The fourth-order valence-corrected chi connectivity index (χ4v) is 1.96. The predicted octanol–water partition coefficient (Wildman–Crippen LogP) is 1.43. The van der Waals surface area contributed by atoms with Crippen LogP contribution < -0.4 is 0 Å². The minimum absolute atomic E-state index is 0.341. The van der Waals surface area contributed by atoms with Crippen LogP contribution in [0.15, 0.2) is 0 Å². The molecule has 0 aromatic rings. The molecule has 2 heteroatoms. The summed E-state index contributed by atoms with van der Waals surface area (Å²) in [6.07, 6.45) is 5.01. The molecule has 0 radical (unpaired) electrons. The summed E-state index contributed by atoms with van der Waals surface area (Å²) in [5.41, 5.74) is 0. The second kappa shape index (κ2) is 4.73. The van der Waals surface area contributed by atoms with Gasteiger partial charge in [0.2, 0.25) is 0 Å². The Morgan fingerprint density at radius 3 is 2.45 bits per heavy atom. The molecule has 1 aliphatic carbocycles. The predicted molar refractivity (Wildman–Crippen MR) is 44.4 cm³/mol. The van der Waals surface area contributed by atoms with Crippen LogP contribution in [0.5, 0.6) is 0 Å². The van der Waals surface area contributed by atoms with E-state index in [0.717, 1.165) is 6.61 Å². The maximum atomic E-state index is 9.03. The van der Waals surface area contributed by atoms with Crippen molar-refractivity contribution >= 4 is 0 Å². The van der Waals surface area contributed by atoms with Crippen LogP contribution in [-0.4, -0.2) is 25.4 Å². The lowest BCUT2D eigenvalue weighted by atomic mass is 9.80. The molecule has 0 unspecified atom stereocenters. The van der Waals surface area contributed by atoms with E-state index >= 15 is 0 Å². The van der Waals surface area contributed by atoms with E-state index in [9.17, 15) is 0 Å². The summed E-state index contributed by atoms with van der Waals surface area (Å²) in [4.78, 5) is 0. The monoisotopic (exact) mass is 158 g/mol. The Bertz CT molecular complexity index is 102.